The fourth-order valence-electron chi connectivity index (χ4n) is 2.72. The van der Waals surface area contributed by atoms with E-state index in [0.29, 0.717) is 6.42 Å². The largest absolute Gasteiger partial charge is 0.389 e. The highest BCUT2D eigenvalue weighted by Gasteiger charge is 2.15. The molecule has 1 amide bonds. The number of unbranched alkanes of at least 4 members (excludes halogenated alkanes) is 8. The standard InChI is InChI=1S/C22H42N2O4S/c1-4-5-18-21(25)19-16-14-12-10-8-6-7-9-11-13-15-17-20-22(26)23-29(27,28)24(2)3/h11,13,16,19,21,25H,4-10,12,14-15,17-18,20H2,1-3H3,(H,23,26)/t21-/m1/s1. The molecule has 0 bridgehead atoms. The van der Waals surface area contributed by atoms with Crippen LogP contribution in [0.5, 0.6) is 0 Å². The fraction of sp³-hybridized carbons (Fsp3) is 0.773. The SMILES string of the molecule is CCCC[C@@H](O)C=CCCCCCCCC=CCCCC(=O)NS(=O)(=O)N(C)C. The zero-order chi connectivity index (χ0) is 22.0. The Morgan fingerprint density at radius 3 is 2.07 bits per heavy atom. The third kappa shape index (κ3) is 17.4. The molecule has 0 aromatic heterocycles. The van der Waals surface area contributed by atoms with Crippen molar-refractivity contribution in [3.8, 4) is 0 Å². The molecule has 0 aromatic rings. The topological polar surface area (TPSA) is 86.7 Å². The maximum Gasteiger partial charge on any atom is 0.303 e. The van der Waals surface area contributed by atoms with E-state index in [0.717, 1.165) is 42.8 Å². The second kappa shape index (κ2) is 17.7. The predicted octanol–water partition coefficient (Wildman–Crippen LogP) is 4.47. The average molecular weight is 431 g/mol. The van der Waals surface area contributed by atoms with Crippen molar-refractivity contribution in [1.82, 2.24) is 9.03 Å². The van der Waals surface area contributed by atoms with Gasteiger partial charge in [0.25, 0.3) is 0 Å². The normalized spacial score (nSPS) is 13.6. The van der Waals surface area contributed by atoms with Gasteiger partial charge in [-0.3, -0.25) is 4.79 Å². The summed E-state index contributed by atoms with van der Waals surface area (Å²) in [7, 11) is -0.901. The fourth-order valence-corrected chi connectivity index (χ4v) is 3.29. The number of aliphatic hydroxyl groups excluding tert-OH is 1. The zero-order valence-corrected chi connectivity index (χ0v) is 19.4. The van der Waals surface area contributed by atoms with Crippen LogP contribution in [0.4, 0.5) is 0 Å². The van der Waals surface area contributed by atoms with E-state index >= 15 is 0 Å². The van der Waals surface area contributed by atoms with Gasteiger partial charge in [-0.1, -0.05) is 63.3 Å². The van der Waals surface area contributed by atoms with Crippen molar-refractivity contribution < 1.29 is 18.3 Å². The highest BCUT2D eigenvalue weighted by Crippen LogP contribution is 2.09. The van der Waals surface area contributed by atoms with E-state index in [9.17, 15) is 18.3 Å². The minimum Gasteiger partial charge on any atom is -0.389 e. The summed E-state index contributed by atoms with van der Waals surface area (Å²) in [6.45, 7) is 2.14. The molecule has 29 heavy (non-hydrogen) atoms. The average Bonchev–Trinajstić information content (AvgIpc) is 2.66. The third-order valence-electron chi connectivity index (χ3n) is 4.62. The maximum absolute atomic E-state index is 11.6. The second-order valence-corrected chi connectivity index (χ2v) is 9.54. The van der Waals surface area contributed by atoms with Crippen LogP contribution in [-0.4, -0.2) is 43.9 Å². The summed E-state index contributed by atoms with van der Waals surface area (Å²) in [5.74, 6) is -0.461. The molecule has 0 radical (unpaired) electrons. The smallest absolute Gasteiger partial charge is 0.303 e. The van der Waals surface area contributed by atoms with Gasteiger partial charge in [-0.2, -0.15) is 12.7 Å². The minimum absolute atomic E-state index is 0.210. The summed E-state index contributed by atoms with van der Waals surface area (Å²) < 4.78 is 26.0. The van der Waals surface area contributed by atoms with Crippen LogP contribution < -0.4 is 4.72 Å². The van der Waals surface area contributed by atoms with Crippen molar-refractivity contribution in [3.05, 3.63) is 24.3 Å². The summed E-state index contributed by atoms with van der Waals surface area (Å²) >= 11 is 0. The lowest BCUT2D eigenvalue weighted by Crippen LogP contribution is -2.39. The van der Waals surface area contributed by atoms with Crippen molar-refractivity contribution in [2.45, 2.75) is 96.5 Å². The summed E-state index contributed by atoms with van der Waals surface area (Å²) in [5, 5.41) is 9.71. The van der Waals surface area contributed by atoms with E-state index in [1.165, 1.54) is 46.2 Å². The van der Waals surface area contributed by atoms with Crippen LogP contribution in [0.15, 0.2) is 24.3 Å². The number of amides is 1. The van der Waals surface area contributed by atoms with Crippen molar-refractivity contribution in [2.75, 3.05) is 14.1 Å². The summed E-state index contributed by atoms with van der Waals surface area (Å²) in [6.07, 6.45) is 20.8. The number of carbonyl (C=O) groups excluding carboxylic acids is 1. The van der Waals surface area contributed by atoms with E-state index < -0.39 is 16.1 Å². The molecule has 0 aliphatic heterocycles. The first-order valence-electron chi connectivity index (χ1n) is 11.0. The Bertz CT molecular complexity index is 571. The van der Waals surface area contributed by atoms with Gasteiger partial charge in [0.05, 0.1) is 6.10 Å². The van der Waals surface area contributed by atoms with Gasteiger partial charge in [0.2, 0.25) is 5.91 Å². The van der Waals surface area contributed by atoms with E-state index in [-0.39, 0.29) is 12.5 Å². The first kappa shape index (κ1) is 27.8. The molecule has 0 aliphatic rings. The number of hydrogen-bond donors (Lipinski definition) is 2. The molecule has 0 fully saturated rings. The Balaban J connectivity index is 3.51. The van der Waals surface area contributed by atoms with Crippen LogP contribution in [0, 0.1) is 0 Å². The van der Waals surface area contributed by atoms with Crippen LogP contribution >= 0.6 is 0 Å². The molecule has 0 rings (SSSR count). The van der Waals surface area contributed by atoms with Gasteiger partial charge < -0.3 is 5.11 Å². The first-order valence-corrected chi connectivity index (χ1v) is 12.5. The van der Waals surface area contributed by atoms with Crippen LogP contribution in [0.25, 0.3) is 0 Å². The Hall–Kier alpha value is -1.18. The van der Waals surface area contributed by atoms with Crippen molar-refractivity contribution >= 4 is 16.1 Å². The van der Waals surface area contributed by atoms with E-state index in [2.05, 4.69) is 25.2 Å². The number of allylic oxidation sites excluding steroid dienone is 3. The van der Waals surface area contributed by atoms with Gasteiger partial charge in [0.1, 0.15) is 0 Å². The van der Waals surface area contributed by atoms with Gasteiger partial charge >= 0.3 is 10.2 Å². The van der Waals surface area contributed by atoms with Crippen LogP contribution in [-0.2, 0) is 15.0 Å². The highest BCUT2D eigenvalue weighted by molar-refractivity contribution is 7.87. The Labute approximate surface area is 178 Å². The lowest BCUT2D eigenvalue weighted by atomic mass is 10.1. The first-order chi connectivity index (χ1) is 13.8. The monoisotopic (exact) mass is 430 g/mol. The van der Waals surface area contributed by atoms with E-state index in [1.54, 1.807) is 0 Å². The molecule has 170 valence electrons. The van der Waals surface area contributed by atoms with Crippen molar-refractivity contribution in [2.24, 2.45) is 0 Å². The molecule has 0 saturated carbocycles. The van der Waals surface area contributed by atoms with Gasteiger partial charge in [0, 0.05) is 20.5 Å². The summed E-state index contributed by atoms with van der Waals surface area (Å²) in [4.78, 5) is 11.6. The molecule has 0 spiro atoms. The molecule has 0 unspecified atom stereocenters. The number of carbonyl (C=O) groups is 1. The minimum atomic E-state index is -3.67. The number of nitrogens with zero attached hydrogens (tertiary/aromatic N) is 1. The quantitative estimate of drug-likeness (QED) is 0.248. The lowest BCUT2D eigenvalue weighted by molar-refractivity contribution is -0.119. The highest BCUT2D eigenvalue weighted by atomic mass is 32.2. The van der Waals surface area contributed by atoms with Crippen LogP contribution in [0.1, 0.15) is 90.4 Å². The summed E-state index contributed by atoms with van der Waals surface area (Å²) in [6, 6.07) is 0. The van der Waals surface area contributed by atoms with Crippen molar-refractivity contribution in [3.63, 3.8) is 0 Å². The molecule has 1 atom stereocenters. The molecular formula is C22H42N2O4S. The Morgan fingerprint density at radius 1 is 0.931 bits per heavy atom. The Kier molecular flexibility index (Phi) is 16.9. The Morgan fingerprint density at radius 2 is 1.48 bits per heavy atom. The molecule has 6 nitrogen and oxygen atoms in total. The van der Waals surface area contributed by atoms with Gasteiger partial charge in [-0.05, 0) is 44.9 Å². The van der Waals surface area contributed by atoms with E-state index in [4.69, 9.17) is 0 Å². The van der Waals surface area contributed by atoms with Crippen molar-refractivity contribution in [1.29, 1.82) is 0 Å². The molecule has 0 aromatic carbocycles. The number of aliphatic hydroxyl groups is 1. The molecule has 7 heteroatoms. The molecule has 0 saturated heterocycles. The molecule has 2 N–H and O–H groups in total. The second-order valence-electron chi connectivity index (χ2n) is 7.66. The van der Waals surface area contributed by atoms with Gasteiger partial charge in [-0.15, -0.1) is 0 Å². The molecule has 0 aliphatic carbocycles. The lowest BCUT2D eigenvalue weighted by Gasteiger charge is -2.11. The van der Waals surface area contributed by atoms with Crippen LogP contribution in [0.2, 0.25) is 0 Å². The van der Waals surface area contributed by atoms with Gasteiger partial charge in [0.15, 0.2) is 0 Å². The number of hydrogen-bond acceptors (Lipinski definition) is 4. The zero-order valence-electron chi connectivity index (χ0n) is 18.6. The van der Waals surface area contributed by atoms with Gasteiger partial charge in [-0.25, -0.2) is 4.72 Å². The summed E-state index contributed by atoms with van der Waals surface area (Å²) in [5.41, 5.74) is 0. The molecular weight excluding hydrogens is 388 g/mol. The molecule has 0 heterocycles. The maximum atomic E-state index is 11.6. The van der Waals surface area contributed by atoms with Crippen LogP contribution in [0.3, 0.4) is 0 Å². The number of rotatable bonds is 18. The third-order valence-corrected chi connectivity index (χ3v) is 6.07. The predicted molar refractivity (Wildman–Crippen MR) is 121 cm³/mol. The number of nitrogens with one attached hydrogen (secondary N) is 1. The van der Waals surface area contributed by atoms with E-state index in [1.807, 2.05) is 10.8 Å².